The van der Waals surface area contributed by atoms with Crippen molar-refractivity contribution in [1.29, 1.82) is 0 Å². The van der Waals surface area contributed by atoms with Gasteiger partial charge in [-0.05, 0) is 44.4 Å². The van der Waals surface area contributed by atoms with E-state index in [4.69, 9.17) is 4.42 Å². The number of furan rings is 1. The quantitative estimate of drug-likeness (QED) is 0.881. The fourth-order valence-electron chi connectivity index (χ4n) is 3.54. The van der Waals surface area contributed by atoms with Crippen LogP contribution in [-0.2, 0) is 0 Å². The van der Waals surface area contributed by atoms with Gasteiger partial charge in [0.1, 0.15) is 11.3 Å². The Hall–Kier alpha value is -1.81. The number of hydrogen-bond acceptors (Lipinski definition) is 3. The Kier molecular flexibility index (Phi) is 2.60. The summed E-state index contributed by atoms with van der Waals surface area (Å²) in [6.07, 6.45) is 3.47. The molecule has 3 atom stereocenters. The maximum Gasteiger partial charge on any atom is 0.251 e. The largest absolute Gasteiger partial charge is 0.461 e. The summed E-state index contributed by atoms with van der Waals surface area (Å²) in [5, 5.41) is 7.73. The molecule has 2 fully saturated rings. The molecule has 2 aromatic rings. The number of hydrogen-bond donors (Lipinski definition) is 2. The Morgan fingerprint density at radius 3 is 3.00 bits per heavy atom. The number of fused-ring (bicyclic) bond motifs is 3. The lowest BCUT2D eigenvalue weighted by Gasteiger charge is -2.21. The maximum atomic E-state index is 12.3. The van der Waals surface area contributed by atoms with Crippen LogP contribution in [0.1, 0.15) is 35.4 Å². The molecular weight excluding hydrogens is 252 g/mol. The minimum atomic E-state index is 0.000281. The van der Waals surface area contributed by atoms with Crippen LogP contribution in [0.4, 0.5) is 0 Å². The van der Waals surface area contributed by atoms with Crippen LogP contribution in [0.3, 0.4) is 0 Å². The predicted octanol–water partition coefficient (Wildman–Crippen LogP) is 2.36. The zero-order chi connectivity index (χ0) is 13.7. The standard InChI is InChI=1S/C16H18N2O2/c1-9-6-10-2-3-11(7-15(10)20-9)16(19)18-14-8-12-4-5-13(14)17-12/h2-3,6-7,12-14,17H,4-5,8H2,1H3,(H,18,19). The third kappa shape index (κ3) is 1.91. The van der Waals surface area contributed by atoms with Gasteiger partial charge in [-0.1, -0.05) is 6.07 Å². The van der Waals surface area contributed by atoms with Crippen LogP contribution >= 0.6 is 0 Å². The molecule has 2 N–H and O–H groups in total. The summed E-state index contributed by atoms with van der Waals surface area (Å²) < 4.78 is 5.59. The molecule has 4 nitrogen and oxygen atoms in total. The van der Waals surface area contributed by atoms with E-state index < -0.39 is 0 Å². The molecule has 4 heteroatoms. The molecule has 3 heterocycles. The second-order valence-corrected chi connectivity index (χ2v) is 5.97. The van der Waals surface area contributed by atoms with Crippen molar-refractivity contribution in [1.82, 2.24) is 10.6 Å². The van der Waals surface area contributed by atoms with Gasteiger partial charge in [0, 0.05) is 29.1 Å². The summed E-state index contributed by atoms with van der Waals surface area (Å²) in [7, 11) is 0. The molecule has 3 unspecified atom stereocenters. The predicted molar refractivity (Wildman–Crippen MR) is 76.8 cm³/mol. The van der Waals surface area contributed by atoms with Crippen LogP contribution in [0.5, 0.6) is 0 Å². The first-order valence-electron chi connectivity index (χ1n) is 7.26. The van der Waals surface area contributed by atoms with Crippen molar-refractivity contribution < 1.29 is 9.21 Å². The number of nitrogens with one attached hydrogen (secondary N) is 2. The topological polar surface area (TPSA) is 54.3 Å². The number of amides is 1. The summed E-state index contributed by atoms with van der Waals surface area (Å²) in [5.41, 5.74) is 1.45. The number of rotatable bonds is 2. The maximum absolute atomic E-state index is 12.3. The van der Waals surface area contributed by atoms with Gasteiger partial charge in [0.15, 0.2) is 0 Å². The average Bonchev–Trinajstić information content (AvgIpc) is 3.10. The third-order valence-electron chi connectivity index (χ3n) is 4.52. The zero-order valence-corrected chi connectivity index (χ0v) is 11.5. The van der Waals surface area contributed by atoms with Gasteiger partial charge in [-0.25, -0.2) is 0 Å². The molecule has 1 aromatic carbocycles. The van der Waals surface area contributed by atoms with E-state index in [0.29, 0.717) is 17.6 Å². The Morgan fingerprint density at radius 1 is 1.35 bits per heavy atom. The molecule has 2 bridgehead atoms. The van der Waals surface area contributed by atoms with E-state index >= 15 is 0 Å². The van der Waals surface area contributed by atoms with Crippen molar-refractivity contribution in [3.05, 3.63) is 35.6 Å². The highest BCUT2D eigenvalue weighted by molar-refractivity contribution is 5.97. The second-order valence-electron chi connectivity index (χ2n) is 5.97. The van der Waals surface area contributed by atoms with Gasteiger partial charge >= 0.3 is 0 Å². The van der Waals surface area contributed by atoms with Gasteiger partial charge < -0.3 is 15.1 Å². The number of benzene rings is 1. The molecular formula is C16H18N2O2. The van der Waals surface area contributed by atoms with E-state index in [1.54, 1.807) is 0 Å². The molecule has 4 rings (SSSR count). The number of aryl methyl sites for hydroxylation is 1. The minimum Gasteiger partial charge on any atom is -0.461 e. The van der Waals surface area contributed by atoms with Crippen molar-refractivity contribution in [2.75, 3.05) is 0 Å². The van der Waals surface area contributed by atoms with Gasteiger partial charge in [-0.2, -0.15) is 0 Å². The van der Waals surface area contributed by atoms with E-state index in [1.165, 1.54) is 12.8 Å². The minimum absolute atomic E-state index is 0.000281. The highest BCUT2D eigenvalue weighted by atomic mass is 16.3. The summed E-state index contributed by atoms with van der Waals surface area (Å²) >= 11 is 0. The van der Waals surface area contributed by atoms with Crippen molar-refractivity contribution in [2.24, 2.45) is 0 Å². The Bertz CT molecular complexity index is 676. The molecule has 0 spiro atoms. The van der Waals surface area contributed by atoms with Crippen LogP contribution in [0.15, 0.2) is 28.7 Å². The van der Waals surface area contributed by atoms with E-state index in [9.17, 15) is 4.79 Å². The van der Waals surface area contributed by atoms with Crippen molar-refractivity contribution in [2.45, 2.75) is 44.3 Å². The van der Waals surface area contributed by atoms with Gasteiger partial charge in [0.2, 0.25) is 0 Å². The van der Waals surface area contributed by atoms with E-state index in [1.807, 2.05) is 31.2 Å². The molecule has 1 amide bonds. The average molecular weight is 270 g/mol. The second kappa shape index (κ2) is 4.35. The lowest BCUT2D eigenvalue weighted by molar-refractivity contribution is 0.0931. The van der Waals surface area contributed by atoms with Crippen LogP contribution < -0.4 is 10.6 Å². The zero-order valence-electron chi connectivity index (χ0n) is 11.5. The van der Waals surface area contributed by atoms with E-state index in [0.717, 1.165) is 23.2 Å². The van der Waals surface area contributed by atoms with Gasteiger partial charge in [0.05, 0.1) is 0 Å². The fourth-order valence-corrected chi connectivity index (χ4v) is 3.54. The van der Waals surface area contributed by atoms with Gasteiger partial charge in [-0.15, -0.1) is 0 Å². The first-order valence-corrected chi connectivity index (χ1v) is 7.26. The van der Waals surface area contributed by atoms with E-state index in [-0.39, 0.29) is 11.9 Å². The Balaban J connectivity index is 1.54. The molecule has 0 radical (unpaired) electrons. The summed E-state index contributed by atoms with van der Waals surface area (Å²) in [5.74, 6) is 0.871. The van der Waals surface area contributed by atoms with Crippen molar-refractivity contribution >= 4 is 16.9 Å². The Morgan fingerprint density at radius 2 is 2.25 bits per heavy atom. The molecule has 2 aliphatic rings. The Labute approximate surface area is 117 Å². The molecule has 20 heavy (non-hydrogen) atoms. The first kappa shape index (κ1) is 12.0. The molecule has 104 valence electrons. The molecule has 0 aliphatic carbocycles. The van der Waals surface area contributed by atoms with Gasteiger partial charge in [-0.3, -0.25) is 4.79 Å². The normalized spacial score (nSPS) is 28.1. The molecule has 2 aliphatic heterocycles. The number of carbonyl (C=O) groups is 1. The fraction of sp³-hybridized carbons (Fsp3) is 0.438. The van der Waals surface area contributed by atoms with Crippen LogP contribution in [0.25, 0.3) is 11.0 Å². The third-order valence-corrected chi connectivity index (χ3v) is 4.52. The monoisotopic (exact) mass is 270 g/mol. The number of carbonyl (C=O) groups excluding carboxylic acids is 1. The summed E-state index contributed by atoms with van der Waals surface area (Å²) in [4.78, 5) is 12.3. The smallest absolute Gasteiger partial charge is 0.251 e. The summed E-state index contributed by atoms with van der Waals surface area (Å²) in [6.45, 7) is 1.92. The van der Waals surface area contributed by atoms with Gasteiger partial charge in [0.25, 0.3) is 5.91 Å². The van der Waals surface area contributed by atoms with E-state index in [2.05, 4.69) is 10.6 Å². The lowest BCUT2D eigenvalue weighted by atomic mass is 9.95. The summed E-state index contributed by atoms with van der Waals surface area (Å²) in [6, 6.07) is 8.96. The first-order chi connectivity index (χ1) is 9.69. The van der Waals surface area contributed by atoms with Crippen LogP contribution in [0.2, 0.25) is 0 Å². The van der Waals surface area contributed by atoms with Crippen molar-refractivity contribution in [3.8, 4) is 0 Å². The van der Waals surface area contributed by atoms with Crippen molar-refractivity contribution in [3.63, 3.8) is 0 Å². The highest BCUT2D eigenvalue weighted by Crippen LogP contribution is 2.28. The molecule has 0 saturated carbocycles. The van der Waals surface area contributed by atoms with Crippen LogP contribution in [-0.4, -0.2) is 24.0 Å². The lowest BCUT2D eigenvalue weighted by Crippen LogP contribution is -2.42. The SMILES string of the molecule is Cc1cc2ccc(C(=O)NC3CC4CCC3N4)cc2o1. The van der Waals surface area contributed by atoms with Crippen LogP contribution in [0, 0.1) is 6.92 Å². The highest BCUT2D eigenvalue weighted by Gasteiger charge is 2.39. The molecule has 2 saturated heterocycles. The molecule has 1 aromatic heterocycles.